The van der Waals surface area contributed by atoms with Crippen molar-refractivity contribution >= 4 is 5.69 Å². The molecule has 3 nitrogen and oxygen atoms in total. The van der Waals surface area contributed by atoms with Crippen molar-refractivity contribution in [1.82, 2.24) is 0 Å². The molecule has 0 saturated carbocycles. The lowest BCUT2D eigenvalue weighted by Gasteiger charge is -2.29. The number of rotatable bonds is 3. The highest BCUT2D eigenvalue weighted by atomic mass is 15.1. The molecule has 4 N–H and O–H groups in total. The van der Waals surface area contributed by atoms with Crippen molar-refractivity contribution in [2.75, 3.05) is 24.5 Å². The summed E-state index contributed by atoms with van der Waals surface area (Å²) in [4.78, 5) is 2.45. The van der Waals surface area contributed by atoms with E-state index in [0.29, 0.717) is 6.54 Å². The van der Waals surface area contributed by atoms with Crippen LogP contribution >= 0.6 is 0 Å². The maximum absolute atomic E-state index is 5.88. The second-order valence-electron chi connectivity index (χ2n) is 4.48. The highest BCUT2D eigenvalue weighted by molar-refractivity contribution is 5.48. The third-order valence-electron chi connectivity index (χ3n) is 3.30. The van der Waals surface area contributed by atoms with Crippen LogP contribution in [-0.2, 0) is 0 Å². The Hall–Kier alpha value is -1.06. The van der Waals surface area contributed by atoms with Gasteiger partial charge in [-0.05, 0) is 37.0 Å². The molecule has 1 aromatic carbocycles. The third kappa shape index (κ3) is 2.54. The maximum Gasteiger partial charge on any atom is 0.0419 e. The normalized spacial score (nSPS) is 18.5. The molecule has 1 aliphatic rings. The lowest BCUT2D eigenvalue weighted by Crippen LogP contribution is -2.29. The average Bonchev–Trinajstić information content (AvgIpc) is 2.39. The number of piperidine rings is 1. The molecule has 0 aromatic heterocycles. The van der Waals surface area contributed by atoms with Crippen LogP contribution in [0.3, 0.4) is 0 Å². The van der Waals surface area contributed by atoms with Crippen molar-refractivity contribution in [3.8, 4) is 0 Å². The summed E-state index contributed by atoms with van der Waals surface area (Å²) >= 11 is 0. The van der Waals surface area contributed by atoms with E-state index in [0.717, 1.165) is 5.56 Å². The molecule has 0 amide bonds. The van der Waals surface area contributed by atoms with E-state index in [1.807, 2.05) is 0 Å². The van der Waals surface area contributed by atoms with Gasteiger partial charge >= 0.3 is 0 Å². The fourth-order valence-corrected chi connectivity index (χ4v) is 2.22. The van der Waals surface area contributed by atoms with E-state index in [1.165, 1.54) is 38.0 Å². The van der Waals surface area contributed by atoms with Gasteiger partial charge in [-0.2, -0.15) is 0 Å². The molecule has 1 aromatic rings. The molecule has 1 aliphatic heterocycles. The Labute approximate surface area is 97.4 Å². The van der Waals surface area contributed by atoms with Crippen molar-refractivity contribution in [1.29, 1.82) is 0 Å². The van der Waals surface area contributed by atoms with Crippen LogP contribution in [0, 0.1) is 0 Å². The van der Waals surface area contributed by atoms with Crippen molar-refractivity contribution in [2.45, 2.75) is 25.3 Å². The summed E-state index contributed by atoms with van der Waals surface area (Å²) < 4.78 is 0. The van der Waals surface area contributed by atoms with Crippen molar-refractivity contribution in [3.05, 3.63) is 29.8 Å². The molecule has 1 unspecified atom stereocenters. The number of anilines is 1. The molecule has 16 heavy (non-hydrogen) atoms. The van der Waals surface area contributed by atoms with Crippen molar-refractivity contribution in [2.24, 2.45) is 11.5 Å². The maximum atomic E-state index is 5.88. The van der Waals surface area contributed by atoms with Crippen LogP contribution in [0.15, 0.2) is 24.3 Å². The van der Waals surface area contributed by atoms with E-state index in [2.05, 4.69) is 29.2 Å². The topological polar surface area (TPSA) is 55.3 Å². The van der Waals surface area contributed by atoms with Crippen LogP contribution in [0.4, 0.5) is 5.69 Å². The van der Waals surface area contributed by atoms with Gasteiger partial charge in [0.1, 0.15) is 0 Å². The summed E-state index contributed by atoms with van der Waals surface area (Å²) in [5.41, 5.74) is 13.9. The molecule has 1 fully saturated rings. The van der Waals surface area contributed by atoms with Gasteiger partial charge in [0, 0.05) is 31.4 Å². The van der Waals surface area contributed by atoms with E-state index in [-0.39, 0.29) is 6.04 Å². The van der Waals surface area contributed by atoms with Gasteiger partial charge in [-0.3, -0.25) is 0 Å². The van der Waals surface area contributed by atoms with Crippen LogP contribution in [0.25, 0.3) is 0 Å². The van der Waals surface area contributed by atoms with Gasteiger partial charge < -0.3 is 16.4 Å². The monoisotopic (exact) mass is 219 g/mol. The Bertz CT molecular complexity index is 314. The number of nitrogens with two attached hydrogens (primary N) is 2. The molecule has 1 atom stereocenters. The second kappa shape index (κ2) is 5.32. The van der Waals surface area contributed by atoms with Crippen LogP contribution < -0.4 is 16.4 Å². The molecule has 0 spiro atoms. The SMILES string of the molecule is NCC(N)c1ccc(N2CCCCC2)cc1. The zero-order chi connectivity index (χ0) is 11.4. The van der Waals surface area contributed by atoms with Crippen molar-refractivity contribution in [3.63, 3.8) is 0 Å². The minimum absolute atomic E-state index is 0.0320. The molecule has 3 heteroatoms. The summed E-state index contributed by atoms with van der Waals surface area (Å²) in [7, 11) is 0. The summed E-state index contributed by atoms with van der Waals surface area (Å²) in [6.07, 6.45) is 3.99. The first-order valence-corrected chi connectivity index (χ1v) is 6.12. The van der Waals surface area contributed by atoms with Gasteiger partial charge in [0.2, 0.25) is 0 Å². The Kier molecular flexibility index (Phi) is 3.80. The zero-order valence-electron chi connectivity index (χ0n) is 9.73. The van der Waals surface area contributed by atoms with Gasteiger partial charge in [0.05, 0.1) is 0 Å². The summed E-state index contributed by atoms with van der Waals surface area (Å²) in [6.45, 7) is 2.87. The fourth-order valence-electron chi connectivity index (χ4n) is 2.22. The summed E-state index contributed by atoms with van der Waals surface area (Å²) in [6, 6.07) is 8.49. The summed E-state index contributed by atoms with van der Waals surface area (Å²) in [5, 5.41) is 0. The predicted molar refractivity (Wildman–Crippen MR) is 68.5 cm³/mol. The molecule has 0 aliphatic carbocycles. The van der Waals surface area contributed by atoms with Gasteiger partial charge in [0.15, 0.2) is 0 Å². The highest BCUT2D eigenvalue weighted by Crippen LogP contribution is 2.21. The van der Waals surface area contributed by atoms with E-state index in [1.54, 1.807) is 0 Å². The first-order valence-electron chi connectivity index (χ1n) is 6.12. The Morgan fingerprint density at radius 1 is 1.06 bits per heavy atom. The first-order chi connectivity index (χ1) is 7.81. The van der Waals surface area contributed by atoms with Crippen LogP contribution in [0.1, 0.15) is 30.9 Å². The standard InChI is InChI=1S/C13H21N3/c14-10-13(15)11-4-6-12(7-5-11)16-8-2-1-3-9-16/h4-7,13H,1-3,8-10,14-15H2. The van der Waals surface area contributed by atoms with Gasteiger partial charge in [-0.15, -0.1) is 0 Å². The minimum atomic E-state index is -0.0320. The lowest BCUT2D eigenvalue weighted by atomic mass is 10.1. The average molecular weight is 219 g/mol. The zero-order valence-corrected chi connectivity index (χ0v) is 9.73. The molecule has 1 saturated heterocycles. The van der Waals surface area contributed by atoms with E-state index < -0.39 is 0 Å². The molecule has 88 valence electrons. The number of benzene rings is 1. The van der Waals surface area contributed by atoms with Crippen LogP contribution in [-0.4, -0.2) is 19.6 Å². The van der Waals surface area contributed by atoms with Gasteiger partial charge in [0.25, 0.3) is 0 Å². The fraction of sp³-hybridized carbons (Fsp3) is 0.538. The van der Waals surface area contributed by atoms with Crippen molar-refractivity contribution < 1.29 is 0 Å². The van der Waals surface area contributed by atoms with E-state index in [9.17, 15) is 0 Å². The molecule has 0 radical (unpaired) electrons. The van der Waals surface area contributed by atoms with E-state index in [4.69, 9.17) is 11.5 Å². The second-order valence-corrected chi connectivity index (χ2v) is 4.48. The van der Waals surface area contributed by atoms with E-state index >= 15 is 0 Å². The van der Waals surface area contributed by atoms with Crippen LogP contribution in [0.5, 0.6) is 0 Å². The lowest BCUT2D eigenvalue weighted by molar-refractivity contribution is 0.577. The number of nitrogens with zero attached hydrogens (tertiary/aromatic N) is 1. The molecular formula is C13H21N3. The predicted octanol–water partition coefficient (Wildman–Crippen LogP) is 1.64. The first kappa shape index (κ1) is 11.4. The quantitative estimate of drug-likeness (QED) is 0.812. The third-order valence-corrected chi connectivity index (χ3v) is 3.30. The molecule has 0 bridgehead atoms. The highest BCUT2D eigenvalue weighted by Gasteiger charge is 2.11. The van der Waals surface area contributed by atoms with Crippen LogP contribution in [0.2, 0.25) is 0 Å². The Morgan fingerprint density at radius 3 is 2.25 bits per heavy atom. The number of hydrogen-bond donors (Lipinski definition) is 2. The molecule has 2 rings (SSSR count). The Balaban J connectivity index is 2.06. The van der Waals surface area contributed by atoms with Gasteiger partial charge in [-0.1, -0.05) is 12.1 Å². The van der Waals surface area contributed by atoms with Gasteiger partial charge in [-0.25, -0.2) is 0 Å². The molecular weight excluding hydrogens is 198 g/mol. The smallest absolute Gasteiger partial charge is 0.0419 e. The molecule has 1 heterocycles. The minimum Gasteiger partial charge on any atom is -0.372 e. The summed E-state index contributed by atoms with van der Waals surface area (Å²) in [5.74, 6) is 0. The number of hydrogen-bond acceptors (Lipinski definition) is 3. The Morgan fingerprint density at radius 2 is 1.69 bits per heavy atom. The largest absolute Gasteiger partial charge is 0.372 e.